The van der Waals surface area contributed by atoms with Crippen LogP contribution in [0.4, 0.5) is 0 Å². The van der Waals surface area contributed by atoms with Gasteiger partial charge < -0.3 is 15.2 Å². The molecule has 0 aromatic carbocycles. The molecule has 2 heterocycles. The summed E-state index contributed by atoms with van der Waals surface area (Å²) in [5, 5.41) is 12.2. The molecule has 1 saturated heterocycles. The van der Waals surface area contributed by atoms with Crippen LogP contribution in [-0.4, -0.2) is 59.8 Å². The maximum absolute atomic E-state index is 10.7. The van der Waals surface area contributed by atoms with Crippen LogP contribution in [0.3, 0.4) is 0 Å². The lowest BCUT2D eigenvalue weighted by molar-refractivity contribution is 0.0343. The lowest BCUT2D eigenvalue weighted by atomic mass is 10.2. The van der Waals surface area contributed by atoms with Crippen molar-refractivity contribution in [1.82, 2.24) is 15.2 Å². The molecule has 2 N–H and O–H groups in total. The van der Waals surface area contributed by atoms with E-state index < -0.39 is 5.97 Å². The number of nitrogens with one attached hydrogen (secondary N) is 1. The van der Waals surface area contributed by atoms with Gasteiger partial charge >= 0.3 is 5.97 Å². The Labute approximate surface area is 118 Å². The summed E-state index contributed by atoms with van der Waals surface area (Å²) in [4.78, 5) is 17.2. The summed E-state index contributed by atoms with van der Waals surface area (Å²) in [6, 6.07) is 3.69. The molecule has 6 nitrogen and oxygen atoms in total. The molecule has 1 atom stereocenters. The van der Waals surface area contributed by atoms with Gasteiger partial charge in [-0.15, -0.1) is 0 Å². The zero-order valence-corrected chi connectivity index (χ0v) is 11.7. The average molecular weight is 279 g/mol. The van der Waals surface area contributed by atoms with Crippen LogP contribution in [0.25, 0.3) is 0 Å². The summed E-state index contributed by atoms with van der Waals surface area (Å²) in [6.45, 7) is 7.36. The third kappa shape index (κ3) is 4.56. The lowest BCUT2D eigenvalue weighted by Crippen LogP contribution is -2.44. The second-order valence-corrected chi connectivity index (χ2v) is 5.04. The van der Waals surface area contributed by atoms with Gasteiger partial charge in [0, 0.05) is 38.4 Å². The molecule has 1 fully saturated rings. The van der Waals surface area contributed by atoms with Gasteiger partial charge in [0.1, 0.15) is 0 Å². The molecule has 0 aliphatic carbocycles. The van der Waals surface area contributed by atoms with Gasteiger partial charge in [-0.2, -0.15) is 0 Å². The van der Waals surface area contributed by atoms with E-state index in [9.17, 15) is 4.79 Å². The van der Waals surface area contributed by atoms with Crippen molar-refractivity contribution in [2.24, 2.45) is 0 Å². The Morgan fingerprint density at radius 1 is 1.50 bits per heavy atom. The van der Waals surface area contributed by atoms with E-state index in [4.69, 9.17) is 9.84 Å². The quantitative estimate of drug-likeness (QED) is 0.794. The van der Waals surface area contributed by atoms with Crippen molar-refractivity contribution < 1.29 is 14.6 Å². The number of pyridine rings is 1. The van der Waals surface area contributed by atoms with Gasteiger partial charge in [0.15, 0.2) is 0 Å². The number of morpholine rings is 1. The first kappa shape index (κ1) is 14.9. The largest absolute Gasteiger partial charge is 0.478 e. The molecule has 1 aliphatic rings. The topological polar surface area (TPSA) is 74.7 Å². The van der Waals surface area contributed by atoms with Crippen molar-refractivity contribution in [1.29, 1.82) is 0 Å². The molecule has 1 unspecified atom stereocenters. The maximum Gasteiger partial charge on any atom is 0.337 e. The van der Waals surface area contributed by atoms with E-state index in [-0.39, 0.29) is 5.56 Å². The van der Waals surface area contributed by atoms with E-state index in [1.54, 1.807) is 12.1 Å². The number of ether oxygens (including phenoxy) is 1. The molecule has 0 amide bonds. The minimum absolute atomic E-state index is 0.218. The minimum atomic E-state index is -0.947. The first-order valence-corrected chi connectivity index (χ1v) is 6.87. The number of nitrogens with zero attached hydrogens (tertiary/aromatic N) is 2. The zero-order chi connectivity index (χ0) is 14.4. The number of carboxylic acids is 1. The normalized spacial score (nSPS) is 17.9. The Bertz CT molecular complexity index is 430. The van der Waals surface area contributed by atoms with Gasteiger partial charge in [-0.05, 0) is 19.1 Å². The standard InChI is InChI=1S/C14H21N3O3/c1-11(10-17-4-6-20-7-5-17)15-9-13-3-2-12(8-16-13)14(18)19/h2-3,8,11,15H,4-7,9-10H2,1H3,(H,18,19). The second-order valence-electron chi connectivity index (χ2n) is 5.04. The van der Waals surface area contributed by atoms with Crippen molar-refractivity contribution in [3.05, 3.63) is 29.6 Å². The molecular formula is C14H21N3O3. The van der Waals surface area contributed by atoms with E-state index in [1.165, 1.54) is 6.20 Å². The summed E-state index contributed by atoms with van der Waals surface area (Å²) in [5.41, 5.74) is 1.07. The monoisotopic (exact) mass is 279 g/mol. The van der Waals surface area contributed by atoms with Crippen molar-refractivity contribution in [3.8, 4) is 0 Å². The van der Waals surface area contributed by atoms with Crippen LogP contribution in [0.2, 0.25) is 0 Å². The van der Waals surface area contributed by atoms with Gasteiger partial charge in [0.2, 0.25) is 0 Å². The van der Waals surface area contributed by atoms with Crippen LogP contribution in [-0.2, 0) is 11.3 Å². The van der Waals surface area contributed by atoms with Crippen LogP contribution >= 0.6 is 0 Å². The van der Waals surface area contributed by atoms with Crippen molar-refractivity contribution in [2.75, 3.05) is 32.8 Å². The molecule has 1 aliphatic heterocycles. The van der Waals surface area contributed by atoms with Crippen molar-refractivity contribution in [2.45, 2.75) is 19.5 Å². The fraction of sp³-hybridized carbons (Fsp3) is 0.571. The molecule has 1 aromatic rings. The zero-order valence-electron chi connectivity index (χ0n) is 11.7. The third-order valence-electron chi connectivity index (χ3n) is 3.34. The summed E-state index contributed by atoms with van der Waals surface area (Å²) in [5.74, 6) is -0.947. The van der Waals surface area contributed by atoms with Crippen LogP contribution in [0.5, 0.6) is 0 Å². The second kappa shape index (κ2) is 7.33. The van der Waals surface area contributed by atoms with Gasteiger partial charge in [0.25, 0.3) is 0 Å². The van der Waals surface area contributed by atoms with Gasteiger partial charge in [0.05, 0.1) is 24.5 Å². The van der Waals surface area contributed by atoms with E-state index in [2.05, 4.69) is 22.1 Å². The first-order valence-electron chi connectivity index (χ1n) is 6.87. The van der Waals surface area contributed by atoms with Gasteiger partial charge in [-0.1, -0.05) is 0 Å². The first-order chi connectivity index (χ1) is 9.65. The predicted molar refractivity (Wildman–Crippen MR) is 74.8 cm³/mol. The Balaban J connectivity index is 1.74. The van der Waals surface area contributed by atoms with Gasteiger partial charge in [-0.3, -0.25) is 9.88 Å². The molecule has 6 heteroatoms. The fourth-order valence-electron chi connectivity index (χ4n) is 2.17. The number of rotatable bonds is 6. The number of carbonyl (C=O) groups is 1. The average Bonchev–Trinajstić information content (AvgIpc) is 2.46. The van der Waals surface area contributed by atoms with Crippen LogP contribution in [0, 0.1) is 0 Å². The van der Waals surface area contributed by atoms with E-state index in [1.807, 2.05) is 0 Å². The highest BCUT2D eigenvalue weighted by Crippen LogP contribution is 2.02. The number of carboxylic acid groups (broad SMARTS) is 1. The molecule has 20 heavy (non-hydrogen) atoms. The highest BCUT2D eigenvalue weighted by atomic mass is 16.5. The number of hydrogen-bond acceptors (Lipinski definition) is 5. The van der Waals surface area contributed by atoms with E-state index >= 15 is 0 Å². The van der Waals surface area contributed by atoms with Gasteiger partial charge in [-0.25, -0.2) is 4.79 Å². The molecule has 0 bridgehead atoms. The van der Waals surface area contributed by atoms with Crippen molar-refractivity contribution in [3.63, 3.8) is 0 Å². The number of aromatic nitrogens is 1. The van der Waals surface area contributed by atoms with Crippen LogP contribution in [0.1, 0.15) is 23.0 Å². The SMILES string of the molecule is CC(CN1CCOCC1)NCc1ccc(C(=O)O)cn1. The molecule has 0 saturated carbocycles. The highest BCUT2D eigenvalue weighted by molar-refractivity contribution is 5.87. The summed E-state index contributed by atoms with van der Waals surface area (Å²) < 4.78 is 5.32. The molecule has 110 valence electrons. The maximum atomic E-state index is 10.7. The molecule has 2 rings (SSSR count). The Hall–Kier alpha value is -1.50. The summed E-state index contributed by atoms with van der Waals surface area (Å²) in [7, 11) is 0. The Morgan fingerprint density at radius 3 is 2.85 bits per heavy atom. The number of hydrogen-bond donors (Lipinski definition) is 2. The smallest absolute Gasteiger partial charge is 0.337 e. The summed E-state index contributed by atoms with van der Waals surface area (Å²) >= 11 is 0. The Kier molecular flexibility index (Phi) is 5.46. The van der Waals surface area contributed by atoms with Crippen LogP contribution in [0.15, 0.2) is 18.3 Å². The molecule has 1 aromatic heterocycles. The van der Waals surface area contributed by atoms with Crippen molar-refractivity contribution >= 4 is 5.97 Å². The number of aromatic carboxylic acids is 1. The lowest BCUT2D eigenvalue weighted by Gasteiger charge is -2.29. The highest BCUT2D eigenvalue weighted by Gasteiger charge is 2.13. The minimum Gasteiger partial charge on any atom is -0.478 e. The van der Waals surface area contributed by atoms with Crippen LogP contribution < -0.4 is 5.32 Å². The molecule has 0 radical (unpaired) electrons. The predicted octanol–water partition coefficient (Wildman–Crippen LogP) is 0.590. The van der Waals surface area contributed by atoms with E-state index in [0.717, 1.165) is 38.5 Å². The Morgan fingerprint density at radius 2 is 2.25 bits per heavy atom. The summed E-state index contributed by atoms with van der Waals surface area (Å²) in [6.07, 6.45) is 1.39. The molecule has 0 spiro atoms. The fourth-order valence-corrected chi connectivity index (χ4v) is 2.17. The molecular weight excluding hydrogens is 258 g/mol. The van der Waals surface area contributed by atoms with E-state index in [0.29, 0.717) is 12.6 Å². The third-order valence-corrected chi connectivity index (χ3v) is 3.34.